The first-order valence-corrected chi connectivity index (χ1v) is 6.97. The fourth-order valence-electron chi connectivity index (χ4n) is 2.58. The molecule has 0 spiro atoms. The van der Waals surface area contributed by atoms with Gasteiger partial charge in [0, 0.05) is 36.1 Å². The Labute approximate surface area is 127 Å². The van der Waals surface area contributed by atoms with E-state index in [0.717, 1.165) is 10.9 Å². The number of nitrogens with one attached hydrogen (secondary N) is 1. The van der Waals surface area contributed by atoms with Gasteiger partial charge in [0.05, 0.1) is 0 Å². The fraction of sp³-hybridized carbons (Fsp3) is 0.118. The van der Waals surface area contributed by atoms with Gasteiger partial charge in [0.25, 0.3) is 5.91 Å². The van der Waals surface area contributed by atoms with Gasteiger partial charge in [-0.1, -0.05) is 6.07 Å². The Morgan fingerprint density at radius 3 is 2.86 bits per heavy atom. The first-order valence-electron chi connectivity index (χ1n) is 6.97. The van der Waals surface area contributed by atoms with Crippen molar-refractivity contribution in [2.75, 3.05) is 12.1 Å². The predicted octanol–water partition coefficient (Wildman–Crippen LogP) is 3.16. The zero-order chi connectivity index (χ0) is 15.1. The van der Waals surface area contributed by atoms with Crippen LogP contribution in [0.4, 0.5) is 5.69 Å². The van der Waals surface area contributed by atoms with E-state index in [0.29, 0.717) is 22.7 Å². The van der Waals surface area contributed by atoms with Crippen LogP contribution in [0.5, 0.6) is 11.5 Å². The minimum absolute atomic E-state index is 0.151. The predicted molar refractivity (Wildman–Crippen MR) is 83.4 cm³/mol. The summed E-state index contributed by atoms with van der Waals surface area (Å²) in [5, 5.41) is 3.99. The molecular weight excluding hydrogens is 280 g/mol. The summed E-state index contributed by atoms with van der Waals surface area (Å²) >= 11 is 0. The van der Waals surface area contributed by atoms with Crippen LogP contribution in [0.1, 0.15) is 10.4 Å². The summed E-state index contributed by atoms with van der Waals surface area (Å²) in [5.74, 6) is 1.20. The number of fused-ring (bicyclic) bond motifs is 2. The van der Waals surface area contributed by atoms with Crippen molar-refractivity contribution in [2.24, 2.45) is 7.05 Å². The van der Waals surface area contributed by atoms with E-state index in [1.54, 1.807) is 18.2 Å². The molecule has 0 bridgehead atoms. The molecule has 4 rings (SSSR count). The van der Waals surface area contributed by atoms with Gasteiger partial charge in [-0.2, -0.15) is 0 Å². The number of rotatable bonds is 2. The Balaban J connectivity index is 1.61. The second-order valence-electron chi connectivity index (χ2n) is 5.22. The Kier molecular flexibility index (Phi) is 2.79. The lowest BCUT2D eigenvalue weighted by Crippen LogP contribution is -2.11. The summed E-state index contributed by atoms with van der Waals surface area (Å²) in [4.78, 5) is 12.4. The van der Waals surface area contributed by atoms with Crippen molar-refractivity contribution in [3.63, 3.8) is 0 Å². The highest BCUT2D eigenvalue weighted by Gasteiger charge is 2.15. The summed E-state index contributed by atoms with van der Waals surface area (Å²) in [5.41, 5.74) is 2.33. The molecule has 5 nitrogen and oxygen atoms in total. The van der Waals surface area contributed by atoms with Gasteiger partial charge in [-0.3, -0.25) is 4.79 Å². The summed E-state index contributed by atoms with van der Waals surface area (Å²) < 4.78 is 12.6. The minimum Gasteiger partial charge on any atom is -0.454 e. The highest BCUT2D eigenvalue weighted by atomic mass is 16.7. The summed E-state index contributed by atoms with van der Waals surface area (Å²) in [7, 11) is 1.96. The van der Waals surface area contributed by atoms with Crippen LogP contribution in [0.15, 0.2) is 48.7 Å². The van der Waals surface area contributed by atoms with E-state index in [1.807, 2.05) is 42.1 Å². The molecule has 0 aliphatic carbocycles. The number of ether oxygens (including phenoxy) is 2. The monoisotopic (exact) mass is 294 g/mol. The largest absolute Gasteiger partial charge is 0.454 e. The minimum atomic E-state index is -0.151. The number of amides is 1. The number of nitrogens with zero attached hydrogens (tertiary/aromatic N) is 1. The molecule has 22 heavy (non-hydrogen) atoms. The van der Waals surface area contributed by atoms with Crippen molar-refractivity contribution in [1.82, 2.24) is 4.57 Å². The van der Waals surface area contributed by atoms with Crippen molar-refractivity contribution >= 4 is 22.5 Å². The van der Waals surface area contributed by atoms with Gasteiger partial charge in [0.1, 0.15) is 0 Å². The van der Waals surface area contributed by atoms with Gasteiger partial charge >= 0.3 is 0 Å². The molecule has 1 aromatic heterocycles. The lowest BCUT2D eigenvalue weighted by atomic mass is 10.1. The molecule has 1 amide bonds. The lowest BCUT2D eigenvalue weighted by Gasteiger charge is -2.07. The summed E-state index contributed by atoms with van der Waals surface area (Å²) in [6, 6.07) is 13.0. The average molecular weight is 294 g/mol. The second kappa shape index (κ2) is 4.80. The SMILES string of the molecule is Cn1ccc2ccc(C(=O)Nc3ccc4c(c3)OCO4)cc21. The van der Waals surface area contributed by atoms with Gasteiger partial charge in [0.2, 0.25) is 6.79 Å². The third-order valence-corrected chi connectivity index (χ3v) is 3.78. The second-order valence-corrected chi connectivity index (χ2v) is 5.22. The lowest BCUT2D eigenvalue weighted by molar-refractivity contribution is 0.102. The molecule has 0 saturated heterocycles. The van der Waals surface area contributed by atoms with Crippen LogP contribution >= 0.6 is 0 Å². The molecule has 1 N–H and O–H groups in total. The number of benzene rings is 2. The van der Waals surface area contributed by atoms with Crippen molar-refractivity contribution in [3.05, 3.63) is 54.2 Å². The van der Waals surface area contributed by atoms with Crippen LogP contribution in [0.2, 0.25) is 0 Å². The van der Waals surface area contributed by atoms with Crippen LogP contribution < -0.4 is 14.8 Å². The third-order valence-electron chi connectivity index (χ3n) is 3.78. The molecule has 0 radical (unpaired) electrons. The van der Waals surface area contributed by atoms with Crippen molar-refractivity contribution in [2.45, 2.75) is 0 Å². The Hall–Kier alpha value is -2.95. The topological polar surface area (TPSA) is 52.5 Å². The number of carbonyl (C=O) groups excluding carboxylic acids is 1. The number of aromatic nitrogens is 1. The highest BCUT2D eigenvalue weighted by Crippen LogP contribution is 2.34. The van der Waals surface area contributed by atoms with Crippen molar-refractivity contribution in [3.8, 4) is 11.5 Å². The Morgan fingerprint density at radius 2 is 1.95 bits per heavy atom. The zero-order valence-electron chi connectivity index (χ0n) is 12.0. The van der Waals surface area contributed by atoms with E-state index in [-0.39, 0.29) is 12.7 Å². The van der Waals surface area contributed by atoms with Gasteiger partial charge in [-0.25, -0.2) is 0 Å². The molecule has 2 aromatic carbocycles. The van der Waals surface area contributed by atoms with Gasteiger partial charge in [-0.15, -0.1) is 0 Å². The number of carbonyl (C=O) groups is 1. The summed E-state index contributed by atoms with van der Waals surface area (Å²) in [6.45, 7) is 0.219. The molecule has 0 unspecified atom stereocenters. The number of aryl methyl sites for hydroxylation is 1. The van der Waals surface area contributed by atoms with E-state index < -0.39 is 0 Å². The number of anilines is 1. The molecule has 1 aliphatic heterocycles. The normalized spacial score (nSPS) is 12.6. The average Bonchev–Trinajstić information content (AvgIpc) is 3.13. The molecular formula is C17H14N2O3. The quantitative estimate of drug-likeness (QED) is 0.790. The van der Waals surface area contributed by atoms with Crippen LogP contribution in [-0.4, -0.2) is 17.3 Å². The number of hydrogen-bond donors (Lipinski definition) is 1. The fourth-order valence-corrected chi connectivity index (χ4v) is 2.58. The standard InChI is InChI=1S/C17H14N2O3/c1-19-7-6-11-2-3-12(8-14(11)19)17(20)18-13-4-5-15-16(9-13)22-10-21-15/h2-9H,10H2,1H3,(H,18,20). The molecule has 0 saturated carbocycles. The maximum absolute atomic E-state index is 12.4. The van der Waals surface area contributed by atoms with E-state index in [4.69, 9.17) is 9.47 Å². The van der Waals surface area contributed by atoms with E-state index >= 15 is 0 Å². The molecule has 1 aliphatic rings. The maximum atomic E-state index is 12.4. The first-order chi connectivity index (χ1) is 10.7. The smallest absolute Gasteiger partial charge is 0.255 e. The van der Waals surface area contributed by atoms with Crippen molar-refractivity contribution in [1.29, 1.82) is 0 Å². The molecule has 5 heteroatoms. The maximum Gasteiger partial charge on any atom is 0.255 e. The first kappa shape index (κ1) is 12.8. The van der Waals surface area contributed by atoms with Crippen molar-refractivity contribution < 1.29 is 14.3 Å². The van der Waals surface area contributed by atoms with Gasteiger partial charge < -0.3 is 19.4 Å². The molecule has 0 atom stereocenters. The van der Waals surface area contributed by atoms with Crippen LogP contribution in [0, 0.1) is 0 Å². The highest BCUT2D eigenvalue weighted by molar-refractivity contribution is 6.06. The number of hydrogen-bond acceptors (Lipinski definition) is 3. The van der Waals surface area contributed by atoms with Crippen LogP contribution in [0.25, 0.3) is 10.9 Å². The van der Waals surface area contributed by atoms with Crippen LogP contribution in [-0.2, 0) is 7.05 Å². The van der Waals surface area contributed by atoms with Gasteiger partial charge in [-0.05, 0) is 35.7 Å². The Bertz CT molecular complexity index is 883. The molecule has 2 heterocycles. The molecule has 110 valence electrons. The summed E-state index contributed by atoms with van der Waals surface area (Å²) in [6.07, 6.45) is 1.98. The van der Waals surface area contributed by atoms with Crippen LogP contribution in [0.3, 0.4) is 0 Å². The zero-order valence-corrected chi connectivity index (χ0v) is 12.0. The van der Waals surface area contributed by atoms with E-state index in [9.17, 15) is 4.79 Å². The third kappa shape index (κ3) is 2.07. The molecule has 3 aromatic rings. The van der Waals surface area contributed by atoms with E-state index in [1.165, 1.54) is 0 Å². The van der Waals surface area contributed by atoms with E-state index in [2.05, 4.69) is 5.32 Å². The van der Waals surface area contributed by atoms with Gasteiger partial charge in [0.15, 0.2) is 11.5 Å². The Morgan fingerprint density at radius 1 is 1.09 bits per heavy atom. The molecule has 0 fully saturated rings.